The van der Waals surface area contributed by atoms with Gasteiger partial charge in [-0.15, -0.1) is 0 Å². The second-order valence-corrected chi connectivity index (χ2v) is 18.6. The summed E-state index contributed by atoms with van der Waals surface area (Å²) in [6.45, 7) is 12.1. The first-order valence-electron chi connectivity index (χ1n) is 16.2. The molecule has 5 rings (SSSR count). The van der Waals surface area contributed by atoms with Gasteiger partial charge >= 0.3 is 0 Å². The number of aliphatic hydroxyl groups excluding tert-OH is 1. The number of aliphatic hydroxyl groups is 1. The highest BCUT2D eigenvalue weighted by Crippen LogP contribution is 2.46. The summed E-state index contributed by atoms with van der Waals surface area (Å²) >= 11 is 0. The van der Waals surface area contributed by atoms with E-state index in [2.05, 4.69) is 33.9 Å². The van der Waals surface area contributed by atoms with Crippen molar-refractivity contribution in [2.75, 3.05) is 20.8 Å². The number of hydrogen-bond donors (Lipinski definition) is 1. The van der Waals surface area contributed by atoms with Gasteiger partial charge in [0, 0.05) is 11.6 Å². The zero-order valence-electron chi connectivity index (χ0n) is 28.9. The number of benzene rings is 4. The van der Waals surface area contributed by atoms with E-state index in [-0.39, 0.29) is 22.8 Å². The Bertz CT molecular complexity index is 1620. The molecule has 0 aromatic heterocycles. The van der Waals surface area contributed by atoms with Crippen LogP contribution in [0, 0.1) is 18.6 Å². The van der Waals surface area contributed by atoms with Crippen LogP contribution >= 0.6 is 0 Å². The molecule has 1 aliphatic rings. The Morgan fingerprint density at radius 1 is 0.771 bits per heavy atom. The number of ether oxygens (including phenoxy) is 4. The summed E-state index contributed by atoms with van der Waals surface area (Å²) in [4.78, 5) is 0. The van der Waals surface area contributed by atoms with Crippen molar-refractivity contribution in [2.45, 2.75) is 75.8 Å². The minimum atomic E-state index is -2.48. The molecule has 0 saturated carbocycles. The van der Waals surface area contributed by atoms with Crippen LogP contribution in [-0.4, -0.2) is 52.6 Å². The Kier molecular flexibility index (Phi) is 10.5. The van der Waals surface area contributed by atoms with Crippen LogP contribution in [0.3, 0.4) is 0 Å². The first-order chi connectivity index (χ1) is 22.7. The molecular weight excluding hydrogens is 631 g/mol. The highest BCUT2D eigenvalue weighted by atomic mass is 28.4. The van der Waals surface area contributed by atoms with E-state index in [1.54, 1.807) is 21.1 Å². The fourth-order valence-electron chi connectivity index (χ4n) is 5.97. The predicted octanol–water partition coefficient (Wildman–Crippen LogP) is 8.49. The van der Waals surface area contributed by atoms with Crippen LogP contribution in [0.1, 0.15) is 54.7 Å². The van der Waals surface area contributed by atoms with Gasteiger partial charge in [0.05, 0.1) is 20.8 Å². The molecule has 1 heterocycles. The third-order valence-corrected chi connectivity index (χ3v) is 14.3. The van der Waals surface area contributed by atoms with Crippen molar-refractivity contribution in [3.8, 4) is 11.5 Å². The third-order valence-electron chi connectivity index (χ3n) is 9.79. The zero-order valence-corrected chi connectivity index (χ0v) is 29.9. The molecule has 1 unspecified atom stereocenters. The molecule has 0 spiro atoms. The van der Waals surface area contributed by atoms with Crippen LogP contribution in [0.2, 0.25) is 18.1 Å². The molecule has 0 amide bonds. The van der Waals surface area contributed by atoms with Gasteiger partial charge in [0.2, 0.25) is 0 Å². The monoisotopic (exact) mass is 676 g/mol. The number of hydrogen-bond acceptors (Lipinski definition) is 6. The van der Waals surface area contributed by atoms with Crippen LogP contribution in [0.25, 0.3) is 0 Å². The van der Waals surface area contributed by atoms with Crippen molar-refractivity contribution >= 4 is 8.32 Å². The van der Waals surface area contributed by atoms with Crippen molar-refractivity contribution < 1.29 is 37.3 Å². The van der Waals surface area contributed by atoms with Crippen LogP contribution in [0.5, 0.6) is 11.5 Å². The molecule has 9 heteroatoms. The lowest BCUT2D eigenvalue weighted by molar-refractivity contribution is -0.0812. The lowest BCUT2D eigenvalue weighted by Crippen LogP contribution is -2.50. The molecule has 0 radical (unpaired) electrons. The molecule has 1 saturated heterocycles. The van der Waals surface area contributed by atoms with E-state index in [4.69, 9.17) is 23.4 Å². The summed E-state index contributed by atoms with van der Waals surface area (Å²) in [5, 5.41) is 11.6. The SMILES string of the molecule is COc1ccc(C(OC[C@H]2O[C@@H](c3cc(C)c(F)cc3F)C(O)[C@H]2O[Si](C)(C)C(C)(C)C)(c2ccccc2)c2ccc(OC)cc2)cc1. The molecule has 1 aliphatic heterocycles. The Labute approximate surface area is 283 Å². The molecule has 256 valence electrons. The van der Waals surface area contributed by atoms with Crippen LogP contribution < -0.4 is 9.47 Å². The van der Waals surface area contributed by atoms with Crippen LogP contribution in [-0.2, 0) is 19.5 Å². The van der Waals surface area contributed by atoms with Crippen molar-refractivity contribution in [2.24, 2.45) is 0 Å². The van der Waals surface area contributed by atoms with Crippen molar-refractivity contribution in [1.29, 1.82) is 0 Å². The highest BCUT2D eigenvalue weighted by molar-refractivity contribution is 6.74. The van der Waals surface area contributed by atoms with Gasteiger partial charge in [0.25, 0.3) is 0 Å². The normalized spacial score (nSPS) is 20.1. The number of methoxy groups -OCH3 is 2. The summed E-state index contributed by atoms with van der Waals surface area (Å²) in [6.07, 6.45) is -3.98. The number of rotatable bonds is 11. The maximum Gasteiger partial charge on any atom is 0.192 e. The predicted molar refractivity (Wildman–Crippen MR) is 185 cm³/mol. The Balaban J connectivity index is 1.62. The van der Waals surface area contributed by atoms with E-state index < -0.39 is 50.0 Å². The molecule has 4 aromatic rings. The fraction of sp³-hybridized carbons (Fsp3) is 0.385. The van der Waals surface area contributed by atoms with Gasteiger partial charge in [-0.1, -0.05) is 75.4 Å². The third kappa shape index (κ3) is 6.93. The van der Waals surface area contributed by atoms with Gasteiger partial charge < -0.3 is 28.5 Å². The van der Waals surface area contributed by atoms with Crippen molar-refractivity contribution in [1.82, 2.24) is 0 Å². The van der Waals surface area contributed by atoms with Gasteiger partial charge in [-0.3, -0.25) is 0 Å². The van der Waals surface area contributed by atoms with Crippen LogP contribution in [0.4, 0.5) is 8.78 Å². The second kappa shape index (κ2) is 14.1. The topological polar surface area (TPSA) is 66.4 Å². The molecule has 1 N–H and O–H groups in total. The quantitative estimate of drug-likeness (QED) is 0.127. The lowest BCUT2D eigenvalue weighted by Gasteiger charge is -2.41. The molecule has 1 fully saturated rings. The zero-order chi connectivity index (χ0) is 34.9. The maximum absolute atomic E-state index is 15.3. The summed E-state index contributed by atoms with van der Waals surface area (Å²) in [7, 11) is 0.753. The summed E-state index contributed by atoms with van der Waals surface area (Å²) in [5.74, 6) is -0.0609. The van der Waals surface area contributed by atoms with Gasteiger partial charge in [0.15, 0.2) is 8.32 Å². The Morgan fingerprint density at radius 3 is 1.79 bits per heavy atom. The Morgan fingerprint density at radius 2 is 1.29 bits per heavy atom. The molecule has 4 atom stereocenters. The second-order valence-electron chi connectivity index (χ2n) is 13.9. The van der Waals surface area contributed by atoms with Gasteiger partial charge in [-0.05, 0) is 77.6 Å². The first kappa shape index (κ1) is 35.7. The highest BCUT2D eigenvalue weighted by Gasteiger charge is 2.51. The molecule has 4 aromatic carbocycles. The van der Waals surface area contributed by atoms with E-state index in [0.717, 1.165) is 22.8 Å². The standard InChI is InChI=1S/C39H46F2O6Si/c1-25-22-31(33(41)23-32(25)40)36-35(42)37(47-48(7,8)38(2,3)4)34(46-36)24-45-39(26-12-10-9-11-13-26,27-14-18-29(43-5)19-15-27)28-16-20-30(44-6)21-17-28/h9-23,34-37,42H,24H2,1-8H3/t34-,35?,36+,37+/m1/s1. The minimum absolute atomic E-state index is 0.0262. The first-order valence-corrected chi connectivity index (χ1v) is 19.1. The molecular formula is C39H46F2O6Si. The minimum Gasteiger partial charge on any atom is -0.497 e. The molecule has 0 bridgehead atoms. The lowest BCUT2D eigenvalue weighted by atomic mass is 9.80. The van der Waals surface area contributed by atoms with E-state index in [1.165, 1.54) is 6.07 Å². The van der Waals surface area contributed by atoms with E-state index in [1.807, 2.05) is 78.9 Å². The maximum atomic E-state index is 15.3. The largest absolute Gasteiger partial charge is 0.497 e. The fourth-order valence-corrected chi connectivity index (χ4v) is 7.30. The molecule has 48 heavy (non-hydrogen) atoms. The summed E-state index contributed by atoms with van der Waals surface area (Å²) in [6, 6.07) is 27.5. The summed E-state index contributed by atoms with van der Waals surface area (Å²) < 4.78 is 61.0. The van der Waals surface area contributed by atoms with E-state index in [9.17, 15) is 9.50 Å². The van der Waals surface area contributed by atoms with Crippen molar-refractivity contribution in [3.63, 3.8) is 0 Å². The van der Waals surface area contributed by atoms with Gasteiger partial charge in [0.1, 0.15) is 53.2 Å². The number of halogens is 2. The Hall–Kier alpha value is -3.60. The smallest absolute Gasteiger partial charge is 0.192 e. The van der Waals surface area contributed by atoms with Crippen LogP contribution in [0.15, 0.2) is 91.0 Å². The average Bonchev–Trinajstić information content (AvgIpc) is 3.37. The molecule has 6 nitrogen and oxygen atoms in total. The van der Waals surface area contributed by atoms with E-state index >= 15 is 4.39 Å². The van der Waals surface area contributed by atoms with Gasteiger partial charge in [-0.2, -0.15) is 0 Å². The average molecular weight is 677 g/mol. The van der Waals surface area contributed by atoms with E-state index in [0.29, 0.717) is 11.5 Å². The molecule has 0 aliphatic carbocycles. The number of aryl methyl sites for hydroxylation is 1. The van der Waals surface area contributed by atoms with Crippen molar-refractivity contribution in [3.05, 3.63) is 130 Å². The summed E-state index contributed by atoms with van der Waals surface area (Å²) in [5.41, 5.74) is 1.70. The van der Waals surface area contributed by atoms with Gasteiger partial charge in [-0.25, -0.2) is 8.78 Å².